The van der Waals surface area contributed by atoms with E-state index in [0.717, 1.165) is 5.00 Å². The average Bonchev–Trinajstić information content (AvgIpc) is 2.97. The number of carbonyl (C=O) groups excluding carboxylic acids is 1. The molecular formula is C12H16N6O2S. The normalized spacial score (nSPS) is 10.0. The molecule has 0 aromatic carbocycles. The van der Waals surface area contributed by atoms with E-state index in [4.69, 9.17) is 4.74 Å². The number of thiophene rings is 1. The molecule has 2 aromatic heterocycles. The number of nitrogens with zero attached hydrogens (tertiary/aromatic N) is 4. The Morgan fingerprint density at radius 1 is 1.38 bits per heavy atom. The molecule has 0 atom stereocenters. The maximum Gasteiger partial charge on any atom is 0.321 e. The zero-order chi connectivity index (χ0) is 15.2. The Morgan fingerprint density at radius 2 is 2.19 bits per heavy atom. The summed E-state index contributed by atoms with van der Waals surface area (Å²) in [4.78, 5) is 25.9. The topological polar surface area (TPSA) is 92.3 Å². The van der Waals surface area contributed by atoms with Crippen LogP contribution in [-0.2, 0) is 6.54 Å². The molecule has 2 rings (SSSR count). The minimum atomic E-state index is -0.316. The number of nitrogens with one attached hydrogen (secondary N) is 2. The third-order valence-electron chi connectivity index (χ3n) is 2.40. The first kappa shape index (κ1) is 15.0. The fraction of sp³-hybridized carbons (Fsp3) is 0.333. The molecule has 0 spiro atoms. The minimum Gasteiger partial charge on any atom is -0.467 e. The Kier molecular flexibility index (Phi) is 4.88. The summed E-state index contributed by atoms with van der Waals surface area (Å²) in [6.07, 6.45) is 0. The number of carbonyl (C=O) groups is 1. The summed E-state index contributed by atoms with van der Waals surface area (Å²) >= 11 is 1.45. The van der Waals surface area contributed by atoms with Crippen LogP contribution in [0.5, 0.6) is 6.01 Å². The van der Waals surface area contributed by atoms with E-state index in [1.807, 2.05) is 31.6 Å². The van der Waals surface area contributed by atoms with Crippen LogP contribution < -0.4 is 20.3 Å². The van der Waals surface area contributed by atoms with Crippen molar-refractivity contribution < 1.29 is 9.53 Å². The second-order valence-corrected chi connectivity index (χ2v) is 5.17. The number of hydrogen-bond donors (Lipinski definition) is 2. The average molecular weight is 308 g/mol. The van der Waals surface area contributed by atoms with Crippen molar-refractivity contribution in [2.24, 2.45) is 0 Å². The predicted molar refractivity (Wildman–Crippen MR) is 80.9 cm³/mol. The molecule has 0 radical (unpaired) electrons. The van der Waals surface area contributed by atoms with Gasteiger partial charge in [0, 0.05) is 14.1 Å². The van der Waals surface area contributed by atoms with Gasteiger partial charge in [-0.3, -0.25) is 5.32 Å². The van der Waals surface area contributed by atoms with E-state index >= 15 is 0 Å². The smallest absolute Gasteiger partial charge is 0.321 e. The van der Waals surface area contributed by atoms with Gasteiger partial charge in [0.2, 0.25) is 5.95 Å². The van der Waals surface area contributed by atoms with Crippen LogP contribution in [0.25, 0.3) is 0 Å². The van der Waals surface area contributed by atoms with Crippen LogP contribution in [-0.4, -0.2) is 42.2 Å². The summed E-state index contributed by atoms with van der Waals surface area (Å²) in [5, 5.41) is 8.06. The molecule has 0 aliphatic carbocycles. The lowest BCUT2D eigenvalue weighted by atomic mass is 10.5. The number of urea groups is 1. The van der Waals surface area contributed by atoms with Gasteiger partial charge in [0.25, 0.3) is 0 Å². The number of hydrogen-bond acceptors (Lipinski definition) is 7. The van der Waals surface area contributed by atoms with Crippen LogP contribution >= 0.6 is 11.3 Å². The highest BCUT2D eigenvalue weighted by molar-refractivity contribution is 7.14. The largest absolute Gasteiger partial charge is 0.467 e. The highest BCUT2D eigenvalue weighted by Crippen LogP contribution is 2.14. The van der Waals surface area contributed by atoms with Crippen molar-refractivity contribution in [2.75, 3.05) is 31.4 Å². The summed E-state index contributed by atoms with van der Waals surface area (Å²) < 4.78 is 5.02. The zero-order valence-corrected chi connectivity index (χ0v) is 12.8. The summed E-state index contributed by atoms with van der Waals surface area (Å²) in [5.41, 5.74) is 0. The maximum absolute atomic E-state index is 11.7. The SMILES string of the molecule is COc1nc(CNC(=O)Nc2cccs2)nc(N(C)C)n1. The Bertz CT molecular complexity index is 602. The zero-order valence-electron chi connectivity index (χ0n) is 12.0. The van der Waals surface area contributed by atoms with Crippen molar-refractivity contribution in [3.63, 3.8) is 0 Å². The van der Waals surface area contributed by atoms with Crippen molar-refractivity contribution in [1.29, 1.82) is 0 Å². The van der Waals surface area contributed by atoms with Crippen LogP contribution in [0.15, 0.2) is 17.5 Å². The van der Waals surface area contributed by atoms with Crippen LogP contribution in [0.3, 0.4) is 0 Å². The molecule has 0 unspecified atom stereocenters. The molecule has 112 valence electrons. The van der Waals surface area contributed by atoms with E-state index in [0.29, 0.717) is 11.8 Å². The molecule has 0 aliphatic rings. The van der Waals surface area contributed by atoms with Crippen molar-refractivity contribution in [1.82, 2.24) is 20.3 Å². The first-order valence-electron chi connectivity index (χ1n) is 6.13. The van der Waals surface area contributed by atoms with Gasteiger partial charge in [0.05, 0.1) is 18.7 Å². The fourth-order valence-corrected chi connectivity index (χ4v) is 2.03. The number of amides is 2. The molecule has 2 heterocycles. The molecule has 2 amide bonds. The molecule has 21 heavy (non-hydrogen) atoms. The van der Waals surface area contributed by atoms with Gasteiger partial charge < -0.3 is 15.0 Å². The van der Waals surface area contributed by atoms with Gasteiger partial charge in [0.1, 0.15) is 0 Å². The molecule has 2 N–H and O–H groups in total. The summed E-state index contributed by atoms with van der Waals surface area (Å²) in [6.45, 7) is 0.178. The van der Waals surface area contributed by atoms with Crippen molar-refractivity contribution in [2.45, 2.75) is 6.54 Å². The van der Waals surface area contributed by atoms with E-state index in [2.05, 4.69) is 25.6 Å². The summed E-state index contributed by atoms with van der Waals surface area (Å²) in [7, 11) is 5.11. The van der Waals surface area contributed by atoms with Gasteiger partial charge in [-0.15, -0.1) is 11.3 Å². The van der Waals surface area contributed by atoms with Gasteiger partial charge in [0.15, 0.2) is 5.82 Å². The lowest BCUT2D eigenvalue weighted by molar-refractivity contribution is 0.251. The van der Waals surface area contributed by atoms with Gasteiger partial charge in [-0.2, -0.15) is 15.0 Å². The molecule has 9 heteroatoms. The number of ether oxygens (including phenoxy) is 1. The molecule has 2 aromatic rings. The molecule has 0 aliphatic heterocycles. The highest BCUT2D eigenvalue weighted by Gasteiger charge is 2.10. The monoisotopic (exact) mass is 308 g/mol. The first-order chi connectivity index (χ1) is 10.1. The van der Waals surface area contributed by atoms with Crippen molar-refractivity contribution in [3.8, 4) is 6.01 Å². The quantitative estimate of drug-likeness (QED) is 0.865. The molecule has 0 bridgehead atoms. The van der Waals surface area contributed by atoms with Crippen LogP contribution in [0.1, 0.15) is 5.82 Å². The molecule has 0 saturated heterocycles. The second kappa shape index (κ2) is 6.84. The van der Waals surface area contributed by atoms with Crippen molar-refractivity contribution in [3.05, 3.63) is 23.3 Å². The Balaban J connectivity index is 1.98. The molecule has 0 fully saturated rings. The Labute approximate surface area is 126 Å². The van der Waals surface area contributed by atoms with Crippen molar-refractivity contribution >= 4 is 28.3 Å². The van der Waals surface area contributed by atoms with Crippen LogP contribution in [0, 0.1) is 0 Å². The number of aromatic nitrogens is 3. The maximum atomic E-state index is 11.7. The Morgan fingerprint density at radius 3 is 2.81 bits per heavy atom. The number of anilines is 2. The van der Waals surface area contributed by atoms with Gasteiger partial charge in [-0.1, -0.05) is 0 Å². The summed E-state index contributed by atoms with van der Waals surface area (Å²) in [6, 6.07) is 3.58. The third-order valence-corrected chi connectivity index (χ3v) is 3.18. The van der Waals surface area contributed by atoms with E-state index in [1.165, 1.54) is 18.4 Å². The minimum absolute atomic E-state index is 0.178. The lowest BCUT2D eigenvalue weighted by Gasteiger charge is -2.12. The third kappa shape index (κ3) is 4.28. The van der Waals surface area contributed by atoms with Gasteiger partial charge in [-0.05, 0) is 17.5 Å². The van der Waals surface area contributed by atoms with Crippen LogP contribution in [0.2, 0.25) is 0 Å². The second-order valence-electron chi connectivity index (χ2n) is 4.22. The standard InChI is InChI=1S/C12H16N6O2S/c1-18(2)10-14-8(15-12(17-10)20-3)7-13-11(19)16-9-5-4-6-21-9/h4-6H,7H2,1-3H3,(H2,13,16,19). The van der Waals surface area contributed by atoms with Crippen LogP contribution in [0.4, 0.5) is 15.7 Å². The highest BCUT2D eigenvalue weighted by atomic mass is 32.1. The van der Waals surface area contributed by atoms with E-state index < -0.39 is 0 Å². The molecular weight excluding hydrogens is 292 g/mol. The lowest BCUT2D eigenvalue weighted by Crippen LogP contribution is -2.29. The van der Waals surface area contributed by atoms with E-state index in [-0.39, 0.29) is 18.6 Å². The number of methoxy groups -OCH3 is 1. The summed E-state index contributed by atoms with van der Waals surface area (Å²) in [5.74, 6) is 0.893. The van der Waals surface area contributed by atoms with Gasteiger partial charge in [-0.25, -0.2) is 4.79 Å². The first-order valence-corrected chi connectivity index (χ1v) is 7.01. The van der Waals surface area contributed by atoms with E-state index in [1.54, 1.807) is 4.90 Å². The number of rotatable bonds is 5. The Hall–Kier alpha value is -2.42. The predicted octanol–water partition coefficient (Wildman–Crippen LogP) is 1.33. The molecule has 8 nitrogen and oxygen atoms in total. The fourth-order valence-electron chi connectivity index (χ4n) is 1.42. The van der Waals surface area contributed by atoms with Gasteiger partial charge >= 0.3 is 12.0 Å². The molecule has 0 saturated carbocycles. The van der Waals surface area contributed by atoms with E-state index in [9.17, 15) is 4.79 Å².